The summed E-state index contributed by atoms with van der Waals surface area (Å²) in [6, 6.07) is 10.7. The maximum absolute atomic E-state index is 12.6. The Balaban J connectivity index is 1.40. The van der Waals surface area contributed by atoms with E-state index in [9.17, 15) is 4.79 Å². The Morgan fingerprint density at radius 2 is 1.79 bits per heavy atom. The molecule has 1 aliphatic carbocycles. The van der Waals surface area contributed by atoms with E-state index in [4.69, 9.17) is 0 Å². The van der Waals surface area contributed by atoms with E-state index in [0.717, 1.165) is 37.7 Å². The minimum atomic E-state index is -0.112. The van der Waals surface area contributed by atoms with Crippen molar-refractivity contribution in [3.8, 4) is 5.69 Å². The monoisotopic (exact) mass is 325 g/mol. The lowest BCUT2D eigenvalue weighted by molar-refractivity contribution is 0.0903. The van der Waals surface area contributed by atoms with Crippen molar-refractivity contribution in [1.82, 2.24) is 25.2 Å². The fraction of sp³-hybridized carbons (Fsp3) is 0.500. The number of amides is 1. The average molecular weight is 325 g/mol. The third-order valence-corrected chi connectivity index (χ3v) is 4.91. The van der Waals surface area contributed by atoms with Gasteiger partial charge >= 0.3 is 0 Å². The van der Waals surface area contributed by atoms with Gasteiger partial charge in [0.2, 0.25) is 0 Å². The van der Waals surface area contributed by atoms with E-state index in [-0.39, 0.29) is 11.9 Å². The van der Waals surface area contributed by atoms with Crippen molar-refractivity contribution in [3.05, 3.63) is 41.7 Å². The summed E-state index contributed by atoms with van der Waals surface area (Å²) in [5, 5.41) is 11.9. The Bertz CT molecular complexity index is 714. The van der Waals surface area contributed by atoms with E-state index < -0.39 is 0 Å². The van der Waals surface area contributed by atoms with Gasteiger partial charge in [-0.1, -0.05) is 18.2 Å². The molecule has 4 rings (SSSR count). The molecule has 1 aromatic carbocycles. The largest absolute Gasteiger partial charge is 0.348 e. The highest BCUT2D eigenvalue weighted by Crippen LogP contribution is 2.29. The van der Waals surface area contributed by atoms with E-state index >= 15 is 0 Å². The molecular formula is C18H23N5O. The van der Waals surface area contributed by atoms with Crippen molar-refractivity contribution >= 4 is 5.91 Å². The van der Waals surface area contributed by atoms with Crippen LogP contribution >= 0.6 is 0 Å². The Hall–Kier alpha value is -2.21. The first-order valence-electron chi connectivity index (χ1n) is 8.75. The van der Waals surface area contributed by atoms with Crippen LogP contribution in [-0.2, 0) is 0 Å². The highest BCUT2D eigenvalue weighted by atomic mass is 16.2. The Morgan fingerprint density at radius 1 is 1.08 bits per heavy atom. The molecule has 1 aromatic heterocycles. The van der Waals surface area contributed by atoms with Gasteiger partial charge < -0.3 is 10.2 Å². The molecule has 2 aromatic rings. The van der Waals surface area contributed by atoms with Gasteiger partial charge in [0.25, 0.3) is 5.91 Å². The van der Waals surface area contributed by atoms with Crippen molar-refractivity contribution in [1.29, 1.82) is 0 Å². The fourth-order valence-corrected chi connectivity index (χ4v) is 3.37. The molecule has 126 valence electrons. The number of aryl methyl sites for hydroxylation is 1. The molecule has 2 heterocycles. The van der Waals surface area contributed by atoms with Gasteiger partial charge in [-0.2, -0.15) is 9.90 Å². The number of likely N-dealkylation sites (tertiary alicyclic amines) is 1. The number of benzene rings is 1. The number of rotatable bonds is 4. The highest BCUT2D eigenvalue weighted by molar-refractivity contribution is 5.93. The van der Waals surface area contributed by atoms with Gasteiger partial charge in [-0.25, -0.2) is 0 Å². The molecule has 2 fully saturated rings. The van der Waals surface area contributed by atoms with Crippen LogP contribution in [0.15, 0.2) is 30.3 Å². The summed E-state index contributed by atoms with van der Waals surface area (Å²) >= 11 is 0. The van der Waals surface area contributed by atoms with Crippen LogP contribution in [0.2, 0.25) is 0 Å². The van der Waals surface area contributed by atoms with Crippen molar-refractivity contribution < 1.29 is 4.79 Å². The molecule has 2 aliphatic rings. The van der Waals surface area contributed by atoms with Gasteiger partial charge in [0, 0.05) is 25.2 Å². The number of nitrogens with one attached hydrogen (secondary N) is 1. The first kappa shape index (κ1) is 15.3. The van der Waals surface area contributed by atoms with Gasteiger partial charge in [-0.3, -0.25) is 4.79 Å². The summed E-state index contributed by atoms with van der Waals surface area (Å²) in [5.41, 5.74) is 1.94. The van der Waals surface area contributed by atoms with Crippen LogP contribution in [-0.4, -0.2) is 51.0 Å². The van der Waals surface area contributed by atoms with E-state index in [1.807, 2.05) is 37.3 Å². The lowest BCUT2D eigenvalue weighted by Gasteiger charge is -2.32. The van der Waals surface area contributed by atoms with Crippen LogP contribution in [0.1, 0.15) is 41.9 Å². The molecule has 0 spiro atoms. The van der Waals surface area contributed by atoms with Crippen LogP contribution in [0.3, 0.4) is 0 Å². The standard InChI is InChI=1S/C18H23N5O/c1-13-17(21-23(20-13)16-5-3-2-4-6-16)18(24)19-14-9-11-22(12-10-14)15-7-8-15/h2-6,14-15H,7-12H2,1H3,(H,19,24). The van der Waals surface area contributed by atoms with Crippen LogP contribution in [0.4, 0.5) is 0 Å². The summed E-state index contributed by atoms with van der Waals surface area (Å²) in [5.74, 6) is -0.112. The third kappa shape index (κ3) is 3.19. The number of hydrogen-bond donors (Lipinski definition) is 1. The van der Waals surface area contributed by atoms with Gasteiger partial charge in [0.05, 0.1) is 11.4 Å². The topological polar surface area (TPSA) is 63.1 Å². The van der Waals surface area contributed by atoms with Crippen molar-refractivity contribution in [2.45, 2.75) is 44.7 Å². The second kappa shape index (κ2) is 6.36. The maximum atomic E-state index is 12.6. The van der Waals surface area contributed by atoms with Gasteiger partial charge in [0.1, 0.15) is 0 Å². The normalized spacial score (nSPS) is 19.4. The van der Waals surface area contributed by atoms with E-state index in [1.54, 1.807) is 0 Å². The molecule has 1 saturated heterocycles. The summed E-state index contributed by atoms with van der Waals surface area (Å²) < 4.78 is 0. The molecule has 1 saturated carbocycles. The molecule has 1 N–H and O–H groups in total. The smallest absolute Gasteiger partial charge is 0.273 e. The Kier molecular flexibility index (Phi) is 4.06. The average Bonchev–Trinajstić information content (AvgIpc) is 3.38. The zero-order valence-corrected chi connectivity index (χ0v) is 14.0. The third-order valence-electron chi connectivity index (χ3n) is 4.91. The number of piperidine rings is 1. The molecule has 0 radical (unpaired) electrons. The lowest BCUT2D eigenvalue weighted by Crippen LogP contribution is -2.45. The molecule has 0 unspecified atom stereocenters. The maximum Gasteiger partial charge on any atom is 0.273 e. The predicted molar refractivity (Wildman–Crippen MR) is 91.2 cm³/mol. The summed E-state index contributed by atoms with van der Waals surface area (Å²) in [7, 11) is 0. The van der Waals surface area contributed by atoms with Crippen molar-refractivity contribution in [2.24, 2.45) is 0 Å². The summed E-state index contributed by atoms with van der Waals surface area (Å²) in [6.07, 6.45) is 4.74. The van der Waals surface area contributed by atoms with Gasteiger partial charge in [0.15, 0.2) is 5.69 Å². The summed E-state index contributed by atoms with van der Waals surface area (Å²) in [4.78, 5) is 16.6. The molecule has 1 amide bonds. The Morgan fingerprint density at radius 3 is 2.46 bits per heavy atom. The first-order chi connectivity index (χ1) is 11.7. The second-order valence-corrected chi connectivity index (χ2v) is 6.77. The van der Waals surface area contributed by atoms with Crippen LogP contribution in [0.5, 0.6) is 0 Å². The molecule has 6 heteroatoms. The number of carbonyl (C=O) groups excluding carboxylic acids is 1. The van der Waals surface area contributed by atoms with E-state index in [0.29, 0.717) is 11.4 Å². The fourth-order valence-electron chi connectivity index (χ4n) is 3.37. The lowest BCUT2D eigenvalue weighted by atomic mass is 10.0. The molecule has 6 nitrogen and oxygen atoms in total. The van der Waals surface area contributed by atoms with Crippen molar-refractivity contribution in [3.63, 3.8) is 0 Å². The first-order valence-corrected chi connectivity index (χ1v) is 8.75. The number of nitrogens with zero attached hydrogens (tertiary/aromatic N) is 4. The number of carbonyl (C=O) groups is 1. The predicted octanol–water partition coefficient (Wildman–Crippen LogP) is 1.93. The van der Waals surface area contributed by atoms with Crippen LogP contribution in [0.25, 0.3) is 5.69 Å². The summed E-state index contributed by atoms with van der Waals surface area (Å²) in [6.45, 7) is 4.01. The van der Waals surface area contributed by atoms with Crippen molar-refractivity contribution in [2.75, 3.05) is 13.1 Å². The Labute approximate surface area is 141 Å². The molecular weight excluding hydrogens is 302 g/mol. The highest BCUT2D eigenvalue weighted by Gasteiger charge is 2.32. The van der Waals surface area contributed by atoms with E-state index in [2.05, 4.69) is 20.4 Å². The molecule has 1 aliphatic heterocycles. The number of para-hydroxylation sites is 1. The minimum absolute atomic E-state index is 0.112. The zero-order chi connectivity index (χ0) is 16.5. The van der Waals surface area contributed by atoms with Crippen LogP contribution < -0.4 is 5.32 Å². The molecule has 0 bridgehead atoms. The van der Waals surface area contributed by atoms with Crippen LogP contribution in [0, 0.1) is 6.92 Å². The van der Waals surface area contributed by atoms with E-state index in [1.165, 1.54) is 17.6 Å². The SMILES string of the molecule is Cc1nn(-c2ccccc2)nc1C(=O)NC1CCN(C2CC2)CC1. The number of aromatic nitrogens is 3. The van der Waals surface area contributed by atoms with Gasteiger partial charge in [-0.05, 0) is 44.7 Å². The molecule has 0 atom stereocenters. The number of hydrogen-bond acceptors (Lipinski definition) is 4. The second-order valence-electron chi connectivity index (χ2n) is 6.77. The van der Waals surface area contributed by atoms with Gasteiger partial charge in [-0.15, -0.1) is 5.10 Å². The molecule has 24 heavy (non-hydrogen) atoms. The zero-order valence-electron chi connectivity index (χ0n) is 14.0. The minimum Gasteiger partial charge on any atom is -0.348 e. The quantitative estimate of drug-likeness (QED) is 0.933.